The number of carbonyl (C=O) groups is 1. The van der Waals surface area contributed by atoms with E-state index in [-0.39, 0.29) is 10.8 Å². The number of anilines is 1. The van der Waals surface area contributed by atoms with Crippen molar-refractivity contribution in [3.8, 4) is 5.75 Å². The monoisotopic (exact) mass is 442 g/mol. The standard InChI is InChI=1S/C22H22N2O4S2/c1-16(22(25)23-2)28-17-12-14-19(15-13-17)30(26,27)24-20-10-6-7-11-21(20)29-18-8-4-3-5-9-18/h3-16,24H,1-2H3,(H,23,25)/t16-/m1/s1. The highest BCUT2D eigenvalue weighted by molar-refractivity contribution is 7.99. The van der Waals surface area contributed by atoms with Gasteiger partial charge in [-0.2, -0.15) is 0 Å². The summed E-state index contributed by atoms with van der Waals surface area (Å²) in [5, 5.41) is 2.50. The summed E-state index contributed by atoms with van der Waals surface area (Å²) in [5.41, 5.74) is 0.500. The number of sulfonamides is 1. The fraction of sp³-hybridized carbons (Fsp3) is 0.136. The molecule has 0 aromatic heterocycles. The smallest absolute Gasteiger partial charge is 0.261 e. The summed E-state index contributed by atoms with van der Waals surface area (Å²) in [6.45, 7) is 1.62. The van der Waals surface area contributed by atoms with Crippen LogP contribution in [0.25, 0.3) is 0 Å². The van der Waals surface area contributed by atoms with E-state index in [1.165, 1.54) is 43.1 Å². The average molecular weight is 443 g/mol. The van der Waals surface area contributed by atoms with Gasteiger partial charge in [-0.05, 0) is 55.5 Å². The molecule has 8 heteroatoms. The second-order valence-electron chi connectivity index (χ2n) is 6.36. The normalized spacial score (nSPS) is 12.1. The number of nitrogens with one attached hydrogen (secondary N) is 2. The number of hydrogen-bond donors (Lipinski definition) is 2. The Bertz CT molecular complexity index is 1100. The zero-order valence-corrected chi connectivity index (χ0v) is 18.2. The fourth-order valence-corrected chi connectivity index (χ4v) is 4.68. The van der Waals surface area contributed by atoms with Crippen molar-refractivity contribution in [1.82, 2.24) is 5.32 Å². The van der Waals surface area contributed by atoms with Crippen LogP contribution in [-0.4, -0.2) is 27.5 Å². The lowest BCUT2D eigenvalue weighted by Gasteiger charge is -2.14. The lowest BCUT2D eigenvalue weighted by molar-refractivity contribution is -0.126. The molecular weight excluding hydrogens is 420 g/mol. The van der Waals surface area contributed by atoms with Crippen molar-refractivity contribution in [3.63, 3.8) is 0 Å². The van der Waals surface area contributed by atoms with Gasteiger partial charge in [-0.1, -0.05) is 42.1 Å². The Morgan fingerprint density at radius 3 is 2.23 bits per heavy atom. The van der Waals surface area contributed by atoms with Crippen molar-refractivity contribution < 1.29 is 17.9 Å². The first-order valence-corrected chi connectivity index (χ1v) is 11.5. The Balaban J connectivity index is 1.76. The van der Waals surface area contributed by atoms with Crippen LogP contribution in [0, 0.1) is 0 Å². The lowest BCUT2D eigenvalue weighted by atomic mass is 10.3. The van der Waals surface area contributed by atoms with Crippen LogP contribution in [0.5, 0.6) is 5.75 Å². The number of likely N-dealkylation sites (N-methyl/N-ethyl adjacent to an activating group) is 1. The Kier molecular flexibility index (Phi) is 7.02. The molecule has 1 atom stereocenters. The summed E-state index contributed by atoms with van der Waals surface area (Å²) in [4.78, 5) is 13.5. The van der Waals surface area contributed by atoms with E-state index in [4.69, 9.17) is 4.74 Å². The predicted molar refractivity (Wildman–Crippen MR) is 118 cm³/mol. The molecule has 0 bridgehead atoms. The minimum atomic E-state index is -3.79. The summed E-state index contributed by atoms with van der Waals surface area (Å²) in [7, 11) is -2.27. The molecular formula is C22H22N2O4S2. The van der Waals surface area contributed by atoms with Gasteiger partial charge >= 0.3 is 0 Å². The molecule has 2 N–H and O–H groups in total. The van der Waals surface area contributed by atoms with Gasteiger partial charge in [-0.3, -0.25) is 9.52 Å². The highest BCUT2D eigenvalue weighted by Gasteiger charge is 2.18. The van der Waals surface area contributed by atoms with Gasteiger partial charge in [-0.15, -0.1) is 0 Å². The Morgan fingerprint density at radius 1 is 0.933 bits per heavy atom. The molecule has 0 aliphatic heterocycles. The van der Waals surface area contributed by atoms with Crippen molar-refractivity contribution in [1.29, 1.82) is 0 Å². The van der Waals surface area contributed by atoms with E-state index in [1.54, 1.807) is 19.1 Å². The lowest BCUT2D eigenvalue weighted by Crippen LogP contribution is -2.33. The van der Waals surface area contributed by atoms with E-state index in [0.29, 0.717) is 11.4 Å². The highest BCUT2D eigenvalue weighted by Crippen LogP contribution is 2.34. The molecule has 0 radical (unpaired) electrons. The maximum absolute atomic E-state index is 12.9. The first-order valence-electron chi connectivity index (χ1n) is 9.22. The number of hydrogen-bond acceptors (Lipinski definition) is 5. The van der Waals surface area contributed by atoms with Crippen molar-refractivity contribution in [2.24, 2.45) is 0 Å². The van der Waals surface area contributed by atoms with Gasteiger partial charge in [0, 0.05) is 16.8 Å². The Morgan fingerprint density at radius 2 is 1.57 bits per heavy atom. The molecule has 156 valence electrons. The van der Waals surface area contributed by atoms with E-state index in [1.807, 2.05) is 42.5 Å². The second-order valence-corrected chi connectivity index (χ2v) is 9.16. The fourth-order valence-electron chi connectivity index (χ4n) is 2.62. The molecule has 3 aromatic carbocycles. The van der Waals surface area contributed by atoms with E-state index >= 15 is 0 Å². The molecule has 30 heavy (non-hydrogen) atoms. The molecule has 6 nitrogen and oxygen atoms in total. The third kappa shape index (κ3) is 5.55. The van der Waals surface area contributed by atoms with Gasteiger partial charge in [0.1, 0.15) is 5.75 Å². The van der Waals surface area contributed by atoms with Crippen LogP contribution in [0.15, 0.2) is 93.5 Å². The topological polar surface area (TPSA) is 84.5 Å². The summed E-state index contributed by atoms with van der Waals surface area (Å²) < 4.78 is 33.9. The van der Waals surface area contributed by atoms with Crippen LogP contribution < -0.4 is 14.8 Å². The molecule has 3 aromatic rings. The second kappa shape index (κ2) is 9.69. The Labute approximate surface area is 180 Å². The molecule has 0 aliphatic rings. The van der Waals surface area contributed by atoms with E-state index in [9.17, 15) is 13.2 Å². The minimum absolute atomic E-state index is 0.0990. The molecule has 0 saturated heterocycles. The Hall–Kier alpha value is -2.97. The van der Waals surface area contributed by atoms with Crippen LogP contribution in [0.1, 0.15) is 6.92 Å². The van der Waals surface area contributed by atoms with Crippen molar-refractivity contribution in [2.45, 2.75) is 27.7 Å². The third-order valence-electron chi connectivity index (χ3n) is 4.16. The zero-order valence-electron chi connectivity index (χ0n) is 16.5. The van der Waals surface area contributed by atoms with E-state index < -0.39 is 16.1 Å². The first-order chi connectivity index (χ1) is 14.4. The summed E-state index contributed by atoms with van der Waals surface area (Å²) >= 11 is 1.48. The maximum Gasteiger partial charge on any atom is 0.261 e. The van der Waals surface area contributed by atoms with Gasteiger partial charge in [0.2, 0.25) is 0 Å². The molecule has 3 rings (SSSR count). The largest absolute Gasteiger partial charge is 0.481 e. The number of benzene rings is 3. The summed E-state index contributed by atoms with van der Waals surface area (Å²) in [6.07, 6.45) is -0.683. The SMILES string of the molecule is CNC(=O)[C@@H](C)Oc1ccc(S(=O)(=O)Nc2ccccc2Sc2ccccc2)cc1. The van der Waals surface area contributed by atoms with Crippen LogP contribution in [-0.2, 0) is 14.8 Å². The molecule has 0 saturated carbocycles. The number of carbonyl (C=O) groups excluding carboxylic acids is 1. The maximum atomic E-state index is 12.9. The number of ether oxygens (including phenoxy) is 1. The minimum Gasteiger partial charge on any atom is -0.481 e. The van der Waals surface area contributed by atoms with Crippen LogP contribution in [0.2, 0.25) is 0 Å². The first kappa shape index (κ1) is 21.7. The van der Waals surface area contributed by atoms with E-state index in [0.717, 1.165) is 9.79 Å². The van der Waals surface area contributed by atoms with Gasteiger partial charge in [0.15, 0.2) is 6.10 Å². The van der Waals surface area contributed by atoms with Gasteiger partial charge in [0.25, 0.3) is 15.9 Å². The molecule has 0 heterocycles. The van der Waals surface area contributed by atoms with Crippen LogP contribution in [0.3, 0.4) is 0 Å². The summed E-state index contributed by atoms with van der Waals surface area (Å²) in [6, 6.07) is 22.9. The van der Waals surface area contributed by atoms with Crippen molar-refractivity contribution in [2.75, 3.05) is 11.8 Å². The predicted octanol–water partition coefficient (Wildman–Crippen LogP) is 4.15. The molecule has 0 aliphatic carbocycles. The molecule has 0 spiro atoms. The van der Waals surface area contributed by atoms with Crippen LogP contribution in [0.4, 0.5) is 5.69 Å². The third-order valence-corrected chi connectivity index (χ3v) is 6.63. The van der Waals surface area contributed by atoms with Gasteiger partial charge in [-0.25, -0.2) is 8.42 Å². The average Bonchev–Trinajstić information content (AvgIpc) is 2.75. The number of amides is 1. The van der Waals surface area contributed by atoms with Gasteiger partial charge in [0.05, 0.1) is 10.6 Å². The number of para-hydroxylation sites is 1. The van der Waals surface area contributed by atoms with Gasteiger partial charge < -0.3 is 10.1 Å². The van der Waals surface area contributed by atoms with E-state index in [2.05, 4.69) is 10.0 Å². The molecule has 1 amide bonds. The summed E-state index contributed by atoms with van der Waals surface area (Å²) in [5.74, 6) is 0.144. The molecule has 0 fully saturated rings. The number of rotatable bonds is 8. The van der Waals surface area contributed by atoms with Crippen LogP contribution >= 0.6 is 11.8 Å². The molecule has 0 unspecified atom stereocenters. The van der Waals surface area contributed by atoms with Crippen molar-refractivity contribution >= 4 is 33.4 Å². The quantitative estimate of drug-likeness (QED) is 0.547. The zero-order chi connectivity index (χ0) is 21.6. The van der Waals surface area contributed by atoms with Crippen molar-refractivity contribution in [3.05, 3.63) is 78.9 Å². The highest BCUT2D eigenvalue weighted by atomic mass is 32.2.